The van der Waals surface area contributed by atoms with Gasteiger partial charge in [0.25, 0.3) is 11.8 Å². The molecule has 0 aliphatic carbocycles. The molecule has 0 saturated carbocycles. The number of ether oxygens (including phenoxy) is 2. The Bertz CT molecular complexity index is 1710. The monoisotopic (exact) mass is 537 g/mol. The number of nitrogens with zero attached hydrogens (tertiary/aromatic N) is 2. The molecule has 0 bridgehead atoms. The molecule has 0 unspecified atom stereocenters. The molecular formula is C25H20FN5O8. The summed E-state index contributed by atoms with van der Waals surface area (Å²) >= 11 is 0. The van der Waals surface area contributed by atoms with Gasteiger partial charge in [0, 0.05) is 30.9 Å². The molecule has 4 aromatic rings. The molecule has 14 heteroatoms. The van der Waals surface area contributed by atoms with E-state index in [-0.39, 0.29) is 35.8 Å². The molecule has 1 saturated heterocycles. The van der Waals surface area contributed by atoms with Crippen LogP contribution in [0.1, 0.15) is 6.92 Å². The van der Waals surface area contributed by atoms with Crippen molar-refractivity contribution >= 4 is 40.1 Å². The van der Waals surface area contributed by atoms with E-state index in [4.69, 9.17) is 9.47 Å². The van der Waals surface area contributed by atoms with Gasteiger partial charge in [-0.25, -0.2) is 9.18 Å². The molecule has 0 spiro atoms. The van der Waals surface area contributed by atoms with Crippen LogP contribution in [0.5, 0.6) is 0 Å². The number of esters is 1. The van der Waals surface area contributed by atoms with E-state index in [2.05, 4.69) is 25.0 Å². The zero-order chi connectivity index (χ0) is 27.7. The lowest BCUT2D eigenvalue weighted by molar-refractivity contribution is -0.167. The molecule has 39 heavy (non-hydrogen) atoms. The number of nitrogens with one attached hydrogen (secondary N) is 3. The molecule has 5 rings (SSSR count). The first-order valence-corrected chi connectivity index (χ1v) is 11.6. The number of pyridine rings is 1. The SMILES string of the molecule is CC(=O)O[C@@H](C(=O)Nc1ccc(-c2noc(=O)[nH]2)c(F)c1)[C@H]1OCCN(c2ccc3ccc(=O)[nH]c3c2)C1=O. The quantitative estimate of drug-likeness (QED) is 0.306. The zero-order valence-corrected chi connectivity index (χ0v) is 20.2. The molecule has 200 valence electrons. The summed E-state index contributed by atoms with van der Waals surface area (Å²) in [4.78, 5) is 67.5. The van der Waals surface area contributed by atoms with Crippen LogP contribution in [-0.4, -0.2) is 58.3 Å². The summed E-state index contributed by atoms with van der Waals surface area (Å²) in [6.45, 7) is 1.23. The first-order chi connectivity index (χ1) is 18.7. The van der Waals surface area contributed by atoms with Crippen molar-refractivity contribution < 1.29 is 32.8 Å². The van der Waals surface area contributed by atoms with Crippen molar-refractivity contribution in [2.24, 2.45) is 0 Å². The summed E-state index contributed by atoms with van der Waals surface area (Å²) in [5, 5.41) is 6.58. The van der Waals surface area contributed by atoms with Crippen LogP contribution in [0.15, 0.2) is 62.6 Å². The van der Waals surface area contributed by atoms with Crippen LogP contribution in [0.3, 0.4) is 0 Å². The number of hydrogen-bond acceptors (Lipinski definition) is 9. The van der Waals surface area contributed by atoms with Gasteiger partial charge in [0.1, 0.15) is 5.82 Å². The van der Waals surface area contributed by atoms with E-state index in [0.717, 1.165) is 18.4 Å². The average Bonchev–Trinajstić information content (AvgIpc) is 3.33. The predicted molar refractivity (Wildman–Crippen MR) is 133 cm³/mol. The van der Waals surface area contributed by atoms with Crippen molar-refractivity contribution in [1.82, 2.24) is 15.1 Å². The number of morpholine rings is 1. The number of fused-ring (bicyclic) bond motifs is 1. The molecular weight excluding hydrogens is 517 g/mol. The number of benzene rings is 2. The summed E-state index contributed by atoms with van der Waals surface area (Å²) < 4.78 is 29.7. The molecule has 3 heterocycles. The largest absolute Gasteiger partial charge is 0.449 e. The van der Waals surface area contributed by atoms with Crippen LogP contribution in [0.4, 0.5) is 15.8 Å². The Morgan fingerprint density at radius 2 is 1.92 bits per heavy atom. The van der Waals surface area contributed by atoms with Gasteiger partial charge in [0.15, 0.2) is 11.9 Å². The lowest BCUT2D eigenvalue weighted by Gasteiger charge is -2.35. The number of halogens is 1. The number of carbonyl (C=O) groups excluding carboxylic acids is 3. The van der Waals surface area contributed by atoms with Gasteiger partial charge < -0.3 is 24.7 Å². The number of hydrogen-bond donors (Lipinski definition) is 3. The highest BCUT2D eigenvalue weighted by Gasteiger charge is 2.42. The van der Waals surface area contributed by atoms with E-state index < -0.39 is 41.6 Å². The van der Waals surface area contributed by atoms with Crippen molar-refractivity contribution in [3.8, 4) is 11.4 Å². The maximum atomic E-state index is 14.7. The molecule has 13 nitrogen and oxygen atoms in total. The molecule has 2 amide bonds. The number of H-pyrrole nitrogens is 2. The first-order valence-electron chi connectivity index (χ1n) is 11.6. The Morgan fingerprint density at radius 3 is 2.64 bits per heavy atom. The van der Waals surface area contributed by atoms with Gasteiger partial charge in [0.05, 0.1) is 17.7 Å². The molecule has 1 aliphatic heterocycles. The molecule has 1 aliphatic rings. The van der Waals surface area contributed by atoms with Gasteiger partial charge in [-0.2, -0.15) is 0 Å². The Morgan fingerprint density at radius 1 is 1.13 bits per heavy atom. The first kappa shape index (κ1) is 25.5. The maximum Gasteiger partial charge on any atom is 0.439 e. The van der Waals surface area contributed by atoms with Crippen LogP contribution < -0.4 is 21.5 Å². The topological polar surface area (TPSA) is 177 Å². The molecule has 2 atom stereocenters. The van der Waals surface area contributed by atoms with Crippen LogP contribution in [0, 0.1) is 5.82 Å². The third-order valence-corrected chi connectivity index (χ3v) is 5.90. The van der Waals surface area contributed by atoms with E-state index in [0.29, 0.717) is 11.2 Å². The summed E-state index contributed by atoms with van der Waals surface area (Å²) in [6, 6.07) is 11.6. The average molecular weight is 537 g/mol. The third kappa shape index (κ3) is 5.31. The maximum absolute atomic E-state index is 14.7. The number of aromatic nitrogens is 3. The minimum absolute atomic E-state index is 0.0179. The highest BCUT2D eigenvalue weighted by Crippen LogP contribution is 2.26. The minimum Gasteiger partial charge on any atom is -0.449 e. The lowest BCUT2D eigenvalue weighted by Crippen LogP contribution is -2.56. The summed E-state index contributed by atoms with van der Waals surface area (Å²) in [5.41, 5.74) is 0.520. The van der Waals surface area contributed by atoms with Crippen LogP contribution >= 0.6 is 0 Å². The summed E-state index contributed by atoms with van der Waals surface area (Å²) in [6.07, 6.45) is -3.20. The van der Waals surface area contributed by atoms with E-state index in [9.17, 15) is 28.4 Å². The van der Waals surface area contributed by atoms with Gasteiger partial charge in [-0.3, -0.25) is 28.7 Å². The second kappa shape index (κ2) is 10.3. The van der Waals surface area contributed by atoms with Crippen molar-refractivity contribution in [2.75, 3.05) is 23.4 Å². The Balaban J connectivity index is 1.38. The number of aromatic amines is 2. The fraction of sp³-hybridized carbons (Fsp3) is 0.200. The van der Waals surface area contributed by atoms with E-state index in [1.165, 1.54) is 23.1 Å². The van der Waals surface area contributed by atoms with Crippen molar-refractivity contribution in [3.63, 3.8) is 0 Å². The van der Waals surface area contributed by atoms with Gasteiger partial charge in [-0.1, -0.05) is 11.2 Å². The fourth-order valence-corrected chi connectivity index (χ4v) is 4.16. The molecule has 0 radical (unpaired) electrons. The Kier molecular flexibility index (Phi) is 6.77. The minimum atomic E-state index is -1.70. The highest BCUT2D eigenvalue weighted by atomic mass is 19.1. The van der Waals surface area contributed by atoms with E-state index >= 15 is 0 Å². The van der Waals surface area contributed by atoms with Crippen LogP contribution in [0.25, 0.3) is 22.3 Å². The molecule has 3 N–H and O–H groups in total. The summed E-state index contributed by atoms with van der Waals surface area (Å²) in [7, 11) is 0. The predicted octanol–water partition coefficient (Wildman–Crippen LogP) is 1.31. The normalized spacial score (nSPS) is 16.2. The van der Waals surface area contributed by atoms with Gasteiger partial charge >= 0.3 is 11.7 Å². The number of amides is 2. The highest BCUT2D eigenvalue weighted by molar-refractivity contribution is 6.05. The van der Waals surface area contributed by atoms with E-state index in [1.807, 2.05) is 0 Å². The van der Waals surface area contributed by atoms with E-state index in [1.54, 1.807) is 24.3 Å². The molecule has 2 aromatic heterocycles. The molecule has 2 aromatic carbocycles. The number of anilines is 2. The van der Waals surface area contributed by atoms with Crippen LogP contribution in [0.2, 0.25) is 0 Å². The second-order valence-electron chi connectivity index (χ2n) is 8.53. The zero-order valence-electron chi connectivity index (χ0n) is 20.2. The van der Waals surface area contributed by atoms with Crippen molar-refractivity contribution in [2.45, 2.75) is 19.1 Å². The fourth-order valence-electron chi connectivity index (χ4n) is 4.16. The Labute approximate surface area is 217 Å². The number of carbonyl (C=O) groups is 3. The van der Waals surface area contributed by atoms with Gasteiger partial charge in [-0.15, -0.1) is 0 Å². The lowest BCUT2D eigenvalue weighted by atomic mass is 10.1. The van der Waals surface area contributed by atoms with Crippen molar-refractivity contribution in [1.29, 1.82) is 0 Å². The van der Waals surface area contributed by atoms with Crippen molar-refractivity contribution in [3.05, 3.63) is 75.3 Å². The standard InChI is InChI=1S/C25H20FN5O8/c1-12(32)38-20(23(34)27-14-4-6-16(17(26)10-14)22-29-25(36)39-30-22)21-24(35)31(8-9-37-21)15-5-2-13-3-7-19(33)28-18(13)11-15/h2-7,10-11,20-21H,8-9H2,1H3,(H,27,34)(H,28,33)(H,29,30,36)/t20-,21-/m1/s1. The second-order valence-corrected chi connectivity index (χ2v) is 8.53. The smallest absolute Gasteiger partial charge is 0.439 e. The number of rotatable bonds is 6. The van der Waals surface area contributed by atoms with Gasteiger partial charge in [-0.05, 0) is 41.8 Å². The summed E-state index contributed by atoms with van der Waals surface area (Å²) in [5.74, 6) is -4.29. The molecule has 1 fully saturated rings. The third-order valence-electron chi connectivity index (χ3n) is 5.90. The van der Waals surface area contributed by atoms with Crippen LogP contribution in [-0.2, 0) is 23.9 Å². The Hall–Kier alpha value is -5.11. The van der Waals surface area contributed by atoms with Gasteiger partial charge in [0.2, 0.25) is 11.7 Å².